The maximum Gasteiger partial charge on any atom is 0.313 e. The number of anilines is 2. The van der Waals surface area contributed by atoms with Gasteiger partial charge in [0, 0.05) is 31.0 Å². The SMILES string of the molecule is Cc1ccccc1NC(=O)C(=O)NC[C@@H](c1ccc(N(C)C)cc1)[NH+]1CCOCC1. The number of benzene rings is 2. The van der Waals surface area contributed by atoms with Crippen molar-refractivity contribution in [1.29, 1.82) is 0 Å². The number of carbonyl (C=O) groups is 2. The average Bonchev–Trinajstić information content (AvgIpc) is 2.76. The molecule has 1 aliphatic heterocycles. The van der Waals surface area contributed by atoms with Gasteiger partial charge in [-0.2, -0.15) is 0 Å². The molecule has 0 unspecified atom stereocenters. The standard InChI is InChI=1S/C23H30N4O3/c1-17-6-4-5-7-20(17)25-23(29)22(28)24-16-21(27-12-14-30-15-13-27)18-8-10-19(11-9-18)26(2)3/h4-11,21H,12-16H2,1-3H3,(H,24,28)(H,25,29)/p+1/t21-/m0/s1. The van der Waals surface area contributed by atoms with E-state index in [-0.39, 0.29) is 6.04 Å². The van der Waals surface area contributed by atoms with Gasteiger partial charge in [0.05, 0.1) is 19.8 Å². The van der Waals surface area contributed by atoms with Crippen LogP contribution in [0.2, 0.25) is 0 Å². The number of quaternary nitrogens is 1. The lowest BCUT2D eigenvalue weighted by Gasteiger charge is -2.32. The molecule has 3 rings (SSSR count). The first-order valence-corrected chi connectivity index (χ1v) is 10.3. The second kappa shape index (κ2) is 10.2. The molecule has 1 saturated heterocycles. The fraction of sp³-hybridized carbons (Fsp3) is 0.391. The van der Waals surface area contributed by atoms with Crippen LogP contribution in [0.3, 0.4) is 0 Å². The first kappa shape index (κ1) is 21.8. The number of nitrogens with zero attached hydrogens (tertiary/aromatic N) is 1. The summed E-state index contributed by atoms with van der Waals surface area (Å²) in [6.07, 6.45) is 0. The number of aryl methyl sites for hydroxylation is 1. The molecule has 0 aromatic heterocycles. The number of hydrogen-bond acceptors (Lipinski definition) is 4. The molecule has 1 aliphatic rings. The zero-order valence-electron chi connectivity index (χ0n) is 17.9. The van der Waals surface area contributed by atoms with E-state index < -0.39 is 11.8 Å². The van der Waals surface area contributed by atoms with Gasteiger partial charge < -0.3 is 25.2 Å². The zero-order valence-corrected chi connectivity index (χ0v) is 17.9. The number of ether oxygens (including phenoxy) is 1. The van der Waals surface area contributed by atoms with Crippen molar-refractivity contribution in [3.05, 3.63) is 59.7 Å². The van der Waals surface area contributed by atoms with Crippen molar-refractivity contribution in [3.63, 3.8) is 0 Å². The van der Waals surface area contributed by atoms with E-state index in [0.29, 0.717) is 25.4 Å². The highest BCUT2D eigenvalue weighted by Gasteiger charge is 2.28. The summed E-state index contributed by atoms with van der Waals surface area (Å²) in [7, 11) is 4.01. The highest BCUT2D eigenvalue weighted by Crippen LogP contribution is 2.17. The van der Waals surface area contributed by atoms with Crippen LogP contribution in [0.15, 0.2) is 48.5 Å². The van der Waals surface area contributed by atoms with Crippen molar-refractivity contribution in [2.75, 3.05) is 57.2 Å². The topological polar surface area (TPSA) is 75.1 Å². The first-order valence-electron chi connectivity index (χ1n) is 10.3. The Morgan fingerprint density at radius 1 is 1.03 bits per heavy atom. The summed E-state index contributed by atoms with van der Waals surface area (Å²) in [6, 6.07) is 15.8. The van der Waals surface area contributed by atoms with Crippen molar-refractivity contribution >= 4 is 23.2 Å². The van der Waals surface area contributed by atoms with Gasteiger partial charge in [0.15, 0.2) is 0 Å². The van der Waals surface area contributed by atoms with Gasteiger partial charge in [0.1, 0.15) is 19.1 Å². The van der Waals surface area contributed by atoms with Gasteiger partial charge >= 0.3 is 11.8 Å². The Bertz CT molecular complexity index is 861. The molecule has 1 fully saturated rings. The van der Waals surface area contributed by atoms with Crippen molar-refractivity contribution in [2.45, 2.75) is 13.0 Å². The molecule has 0 aliphatic carbocycles. The van der Waals surface area contributed by atoms with Crippen LogP contribution in [-0.2, 0) is 14.3 Å². The molecule has 7 heteroatoms. The Kier molecular flexibility index (Phi) is 7.43. The molecule has 0 bridgehead atoms. The van der Waals surface area contributed by atoms with E-state index in [4.69, 9.17) is 4.74 Å². The number of nitrogens with one attached hydrogen (secondary N) is 3. The normalized spacial score (nSPS) is 15.3. The van der Waals surface area contributed by atoms with E-state index in [0.717, 1.165) is 29.9 Å². The molecular formula is C23H31N4O3+. The zero-order chi connectivity index (χ0) is 21.5. The number of hydrogen-bond donors (Lipinski definition) is 3. The third-order valence-electron chi connectivity index (χ3n) is 5.51. The smallest absolute Gasteiger partial charge is 0.313 e. The van der Waals surface area contributed by atoms with Gasteiger partial charge in [0.25, 0.3) is 0 Å². The molecule has 0 spiro atoms. The molecule has 7 nitrogen and oxygen atoms in total. The Morgan fingerprint density at radius 2 is 1.70 bits per heavy atom. The highest BCUT2D eigenvalue weighted by atomic mass is 16.5. The molecule has 3 N–H and O–H groups in total. The second-order valence-electron chi connectivity index (χ2n) is 7.79. The number of morpholine rings is 1. The predicted octanol–water partition coefficient (Wildman–Crippen LogP) is 0.772. The minimum Gasteiger partial charge on any atom is -0.378 e. The van der Waals surface area contributed by atoms with Gasteiger partial charge in [-0.3, -0.25) is 9.59 Å². The van der Waals surface area contributed by atoms with Crippen LogP contribution in [0, 0.1) is 6.92 Å². The first-order chi connectivity index (χ1) is 14.5. The van der Waals surface area contributed by atoms with Crippen molar-refractivity contribution in [3.8, 4) is 0 Å². The summed E-state index contributed by atoms with van der Waals surface area (Å²) in [6.45, 7) is 5.41. The number of carbonyl (C=O) groups excluding carboxylic acids is 2. The van der Waals surface area contributed by atoms with E-state index >= 15 is 0 Å². The predicted molar refractivity (Wildman–Crippen MR) is 118 cm³/mol. The third-order valence-corrected chi connectivity index (χ3v) is 5.51. The Hall–Kier alpha value is -2.90. The maximum absolute atomic E-state index is 12.5. The summed E-state index contributed by atoms with van der Waals surface area (Å²) in [4.78, 5) is 28.2. The van der Waals surface area contributed by atoms with E-state index in [9.17, 15) is 9.59 Å². The van der Waals surface area contributed by atoms with Crippen LogP contribution in [0.1, 0.15) is 17.2 Å². The van der Waals surface area contributed by atoms with E-state index in [1.807, 2.05) is 39.2 Å². The van der Waals surface area contributed by atoms with Crippen LogP contribution in [0.4, 0.5) is 11.4 Å². The number of para-hydroxylation sites is 1. The molecule has 30 heavy (non-hydrogen) atoms. The lowest BCUT2D eigenvalue weighted by Crippen LogP contribution is -3.15. The van der Waals surface area contributed by atoms with Gasteiger partial charge in [-0.1, -0.05) is 30.3 Å². The van der Waals surface area contributed by atoms with Crippen LogP contribution in [0.25, 0.3) is 0 Å². The molecule has 160 valence electrons. The summed E-state index contributed by atoms with van der Waals surface area (Å²) in [5.74, 6) is -1.27. The van der Waals surface area contributed by atoms with Gasteiger partial charge in [-0.15, -0.1) is 0 Å². The fourth-order valence-corrected chi connectivity index (χ4v) is 3.65. The summed E-state index contributed by atoms with van der Waals surface area (Å²) >= 11 is 0. The molecular weight excluding hydrogens is 380 g/mol. The molecule has 1 heterocycles. The van der Waals surface area contributed by atoms with E-state index in [1.165, 1.54) is 4.90 Å². The average molecular weight is 412 g/mol. The van der Waals surface area contributed by atoms with Crippen LogP contribution in [0.5, 0.6) is 0 Å². The molecule has 0 radical (unpaired) electrons. The van der Waals surface area contributed by atoms with Crippen LogP contribution < -0.4 is 20.4 Å². The van der Waals surface area contributed by atoms with Crippen molar-refractivity contribution in [2.24, 2.45) is 0 Å². The quantitative estimate of drug-likeness (QED) is 0.614. The van der Waals surface area contributed by atoms with Gasteiger partial charge in [-0.25, -0.2) is 0 Å². The third kappa shape index (κ3) is 5.58. The van der Waals surface area contributed by atoms with Gasteiger partial charge in [-0.05, 0) is 30.7 Å². The molecule has 2 aromatic rings. The molecule has 2 amide bonds. The Labute approximate surface area is 178 Å². The summed E-state index contributed by atoms with van der Waals surface area (Å²) in [5.41, 5.74) is 3.82. The monoisotopic (exact) mass is 411 g/mol. The largest absolute Gasteiger partial charge is 0.378 e. The fourth-order valence-electron chi connectivity index (χ4n) is 3.65. The molecule has 2 aromatic carbocycles. The highest BCUT2D eigenvalue weighted by molar-refractivity contribution is 6.39. The van der Waals surface area contributed by atoms with E-state index in [1.54, 1.807) is 6.07 Å². The van der Waals surface area contributed by atoms with Crippen LogP contribution in [-0.4, -0.2) is 58.8 Å². The molecule has 1 atom stereocenters. The van der Waals surface area contributed by atoms with Crippen molar-refractivity contribution in [1.82, 2.24) is 5.32 Å². The minimum absolute atomic E-state index is 0.0559. The van der Waals surface area contributed by atoms with Crippen LogP contribution >= 0.6 is 0 Å². The maximum atomic E-state index is 12.5. The summed E-state index contributed by atoms with van der Waals surface area (Å²) in [5, 5.41) is 5.52. The number of rotatable bonds is 6. The molecule has 0 saturated carbocycles. The van der Waals surface area contributed by atoms with E-state index in [2.05, 4.69) is 39.8 Å². The minimum atomic E-state index is -0.650. The lowest BCUT2D eigenvalue weighted by atomic mass is 10.0. The Morgan fingerprint density at radius 3 is 2.33 bits per heavy atom. The van der Waals surface area contributed by atoms with Crippen molar-refractivity contribution < 1.29 is 19.2 Å². The number of amides is 2. The Balaban J connectivity index is 1.67. The van der Waals surface area contributed by atoms with Gasteiger partial charge in [0.2, 0.25) is 0 Å². The lowest BCUT2D eigenvalue weighted by molar-refractivity contribution is -0.937. The second-order valence-corrected chi connectivity index (χ2v) is 7.79. The summed E-state index contributed by atoms with van der Waals surface area (Å²) < 4.78 is 5.50.